The van der Waals surface area contributed by atoms with Crippen molar-refractivity contribution in [2.24, 2.45) is 0 Å². The Morgan fingerprint density at radius 2 is 1.85 bits per heavy atom. The molecule has 2 aromatic rings. The predicted molar refractivity (Wildman–Crippen MR) is 114 cm³/mol. The molecule has 27 heavy (non-hydrogen) atoms. The van der Waals surface area contributed by atoms with Crippen molar-refractivity contribution in [2.75, 3.05) is 6.54 Å². The minimum atomic E-state index is -0.971. The van der Waals surface area contributed by atoms with E-state index < -0.39 is 5.97 Å². The van der Waals surface area contributed by atoms with Crippen molar-refractivity contribution < 1.29 is 14.7 Å². The zero-order chi connectivity index (χ0) is 19.6. The van der Waals surface area contributed by atoms with Gasteiger partial charge in [-0.1, -0.05) is 65.4 Å². The number of carbonyl (C=O) groups is 2. The fraction of sp³-hybridized carbons (Fsp3) is 0.105. The van der Waals surface area contributed by atoms with Crippen LogP contribution in [0.4, 0.5) is 0 Å². The van der Waals surface area contributed by atoms with Gasteiger partial charge in [-0.2, -0.15) is 0 Å². The Hall–Kier alpha value is -1.86. The molecule has 1 saturated heterocycles. The molecule has 1 heterocycles. The van der Waals surface area contributed by atoms with Gasteiger partial charge >= 0.3 is 5.97 Å². The van der Waals surface area contributed by atoms with E-state index in [0.29, 0.717) is 19.3 Å². The van der Waals surface area contributed by atoms with Crippen molar-refractivity contribution in [2.45, 2.75) is 6.42 Å². The molecule has 0 aliphatic carbocycles. The molecule has 0 bridgehead atoms. The van der Waals surface area contributed by atoms with Gasteiger partial charge in [-0.15, -0.1) is 0 Å². The highest BCUT2D eigenvalue weighted by Crippen LogP contribution is 2.33. The summed E-state index contributed by atoms with van der Waals surface area (Å²) in [5, 5.41) is 9.89. The first-order valence-corrected chi connectivity index (χ1v) is 9.85. The minimum Gasteiger partial charge on any atom is -0.481 e. The molecule has 0 aromatic heterocycles. The van der Waals surface area contributed by atoms with Crippen molar-refractivity contribution in [3.63, 3.8) is 0 Å². The van der Waals surface area contributed by atoms with Crippen LogP contribution in [-0.4, -0.2) is 32.7 Å². The Morgan fingerprint density at radius 3 is 2.52 bits per heavy atom. The maximum atomic E-state index is 12.5. The monoisotopic (exact) mass is 437 g/mol. The van der Waals surface area contributed by atoms with Gasteiger partial charge in [0.15, 0.2) is 0 Å². The van der Waals surface area contributed by atoms with Gasteiger partial charge in [-0.05, 0) is 47.0 Å². The molecule has 0 unspecified atom stereocenters. The van der Waals surface area contributed by atoms with Crippen LogP contribution in [0, 0.1) is 0 Å². The molecule has 138 valence electrons. The first kappa shape index (κ1) is 19.9. The highest BCUT2D eigenvalue weighted by Gasteiger charge is 2.32. The number of benzene rings is 2. The number of carboxylic acid groups (broad SMARTS) is 1. The first-order valence-electron chi connectivity index (χ1n) is 7.87. The van der Waals surface area contributed by atoms with Gasteiger partial charge in [0, 0.05) is 16.6 Å². The maximum absolute atomic E-state index is 12.5. The highest BCUT2D eigenvalue weighted by atomic mass is 35.5. The quantitative estimate of drug-likeness (QED) is 0.505. The summed E-state index contributed by atoms with van der Waals surface area (Å²) in [6.45, 7) is 0.0679. The summed E-state index contributed by atoms with van der Waals surface area (Å²) < 4.78 is 0.366. The minimum absolute atomic E-state index is 0.0679. The lowest BCUT2D eigenvalue weighted by atomic mass is 10.0. The fourth-order valence-corrected chi connectivity index (χ4v) is 4.41. The molecular formula is C19H13Cl2NO3S2. The Kier molecular flexibility index (Phi) is 6.22. The van der Waals surface area contributed by atoms with E-state index in [4.69, 9.17) is 40.5 Å². The Morgan fingerprint density at radius 1 is 1.15 bits per heavy atom. The van der Waals surface area contributed by atoms with E-state index >= 15 is 0 Å². The molecule has 1 amide bonds. The molecule has 0 atom stereocenters. The van der Waals surface area contributed by atoms with Crippen LogP contribution in [0.2, 0.25) is 10.0 Å². The molecule has 2 aromatic carbocycles. The maximum Gasteiger partial charge on any atom is 0.305 e. The molecule has 0 radical (unpaired) electrons. The number of hydrogen-bond donors (Lipinski definition) is 1. The second-order valence-corrected chi connectivity index (χ2v) is 8.31. The smallest absolute Gasteiger partial charge is 0.305 e. The Labute approximate surface area is 175 Å². The topological polar surface area (TPSA) is 57.6 Å². The number of aliphatic carboxylic acids is 1. The first-order chi connectivity index (χ1) is 12.8. The second-order valence-electron chi connectivity index (χ2n) is 5.76. The molecule has 4 nitrogen and oxygen atoms in total. The zero-order valence-electron chi connectivity index (χ0n) is 13.8. The van der Waals surface area contributed by atoms with Gasteiger partial charge in [-0.25, -0.2) is 0 Å². The Balaban J connectivity index is 1.86. The molecule has 1 N–H and O–H groups in total. The van der Waals surface area contributed by atoms with Crippen LogP contribution in [0.5, 0.6) is 0 Å². The third kappa shape index (κ3) is 4.90. The molecule has 1 aliphatic rings. The summed E-state index contributed by atoms with van der Waals surface area (Å²) >= 11 is 18.5. The number of hydrogen-bond acceptors (Lipinski definition) is 4. The second kappa shape index (κ2) is 8.44. The molecule has 1 fully saturated rings. The van der Waals surface area contributed by atoms with Crippen LogP contribution in [0.3, 0.4) is 0 Å². The van der Waals surface area contributed by atoms with E-state index in [0.717, 1.165) is 16.7 Å². The number of amides is 1. The lowest BCUT2D eigenvalue weighted by molar-refractivity contribution is -0.137. The van der Waals surface area contributed by atoms with Gasteiger partial charge < -0.3 is 5.11 Å². The van der Waals surface area contributed by atoms with Crippen LogP contribution < -0.4 is 0 Å². The van der Waals surface area contributed by atoms with Crippen molar-refractivity contribution in [1.82, 2.24) is 4.90 Å². The average Bonchev–Trinajstić information content (AvgIpc) is 2.86. The van der Waals surface area contributed by atoms with Gasteiger partial charge in [0.2, 0.25) is 0 Å². The van der Waals surface area contributed by atoms with Crippen LogP contribution in [0.1, 0.15) is 12.0 Å². The van der Waals surface area contributed by atoms with E-state index in [1.807, 2.05) is 36.4 Å². The van der Waals surface area contributed by atoms with E-state index in [-0.39, 0.29) is 18.9 Å². The number of nitrogens with zero attached hydrogens (tertiary/aromatic N) is 1. The van der Waals surface area contributed by atoms with Crippen LogP contribution in [0.25, 0.3) is 17.2 Å². The Bertz CT molecular complexity index is 955. The largest absolute Gasteiger partial charge is 0.481 e. The van der Waals surface area contributed by atoms with Crippen molar-refractivity contribution in [1.29, 1.82) is 0 Å². The van der Waals surface area contributed by atoms with Gasteiger partial charge in [-0.3, -0.25) is 14.5 Å². The summed E-state index contributed by atoms with van der Waals surface area (Å²) in [7, 11) is 0. The molecular weight excluding hydrogens is 425 g/mol. The average molecular weight is 438 g/mol. The standard InChI is InChI=1S/C19H13Cl2NO3S2/c20-14-8-13(9-15(21)10-14)12-3-1-2-11(6-12)7-16-18(25)22(19(26)27-16)5-4-17(23)24/h1-3,6-10H,4-5H2,(H,23,24)/b16-7-. The fourth-order valence-electron chi connectivity index (χ4n) is 2.58. The number of carbonyl (C=O) groups excluding carboxylic acids is 1. The zero-order valence-corrected chi connectivity index (χ0v) is 17.0. The number of thioether (sulfide) groups is 1. The molecule has 0 saturated carbocycles. The summed E-state index contributed by atoms with van der Waals surface area (Å²) in [4.78, 5) is 25.0. The number of rotatable bonds is 5. The summed E-state index contributed by atoms with van der Waals surface area (Å²) in [6, 6.07) is 12.9. The molecule has 1 aliphatic heterocycles. The van der Waals surface area contributed by atoms with Crippen molar-refractivity contribution >= 4 is 69.5 Å². The summed E-state index contributed by atoms with van der Waals surface area (Å²) in [5.74, 6) is -1.25. The third-order valence-corrected chi connectivity index (χ3v) is 5.62. The van der Waals surface area contributed by atoms with E-state index in [9.17, 15) is 9.59 Å². The molecule has 8 heteroatoms. The van der Waals surface area contributed by atoms with Gasteiger partial charge in [0.1, 0.15) is 4.32 Å². The SMILES string of the molecule is O=C(O)CCN1C(=O)/C(=C/c2cccc(-c3cc(Cl)cc(Cl)c3)c2)SC1=S. The lowest BCUT2D eigenvalue weighted by Crippen LogP contribution is -2.30. The number of carboxylic acids is 1. The number of halogens is 2. The van der Waals surface area contributed by atoms with Gasteiger partial charge in [0.05, 0.1) is 11.3 Å². The lowest BCUT2D eigenvalue weighted by Gasteiger charge is -2.12. The van der Waals surface area contributed by atoms with Gasteiger partial charge in [0.25, 0.3) is 5.91 Å². The van der Waals surface area contributed by atoms with E-state index in [1.54, 1.807) is 12.1 Å². The summed E-state index contributed by atoms with van der Waals surface area (Å²) in [5.41, 5.74) is 2.61. The predicted octanol–water partition coefficient (Wildman–Crippen LogP) is 5.34. The highest BCUT2D eigenvalue weighted by molar-refractivity contribution is 8.26. The number of thiocarbonyl (C=S) groups is 1. The normalized spacial score (nSPS) is 15.6. The molecule has 3 rings (SSSR count). The molecule has 0 spiro atoms. The van der Waals surface area contributed by atoms with Crippen molar-refractivity contribution in [3.8, 4) is 11.1 Å². The van der Waals surface area contributed by atoms with E-state index in [1.165, 1.54) is 16.7 Å². The van der Waals surface area contributed by atoms with Crippen molar-refractivity contribution in [3.05, 3.63) is 63.0 Å². The van der Waals surface area contributed by atoms with Crippen LogP contribution in [0.15, 0.2) is 47.4 Å². The van der Waals surface area contributed by atoms with Crippen LogP contribution in [-0.2, 0) is 9.59 Å². The summed E-state index contributed by atoms with van der Waals surface area (Å²) in [6.07, 6.45) is 1.60. The van der Waals surface area contributed by atoms with Crippen LogP contribution >= 0.6 is 47.2 Å². The van der Waals surface area contributed by atoms with E-state index in [2.05, 4.69) is 0 Å². The third-order valence-electron chi connectivity index (χ3n) is 3.80.